The van der Waals surface area contributed by atoms with Crippen molar-refractivity contribution in [3.05, 3.63) is 24.3 Å². The third kappa shape index (κ3) is 3.43. The summed E-state index contributed by atoms with van der Waals surface area (Å²) in [6.07, 6.45) is 8.43. The number of hydrogen-bond donors (Lipinski definition) is 1. The molecule has 1 saturated carbocycles. The molecule has 3 heterocycles. The van der Waals surface area contributed by atoms with E-state index in [1.165, 1.54) is 12.8 Å². The smallest absolute Gasteiger partial charge is 0.191 e. The van der Waals surface area contributed by atoms with Gasteiger partial charge < -0.3 is 9.41 Å². The van der Waals surface area contributed by atoms with Crippen LogP contribution in [0.5, 0.6) is 0 Å². The monoisotopic (exact) mass is 385 g/mol. The highest BCUT2D eigenvalue weighted by atomic mass is 28.4. The average Bonchev–Trinajstić information content (AvgIpc) is 3.25. The Labute approximate surface area is 161 Å². The molecule has 3 aromatic rings. The summed E-state index contributed by atoms with van der Waals surface area (Å²) in [7, 11) is -1.65. The van der Waals surface area contributed by atoms with Gasteiger partial charge in [-0.25, -0.2) is 9.50 Å². The van der Waals surface area contributed by atoms with E-state index in [4.69, 9.17) is 4.43 Å². The zero-order valence-corrected chi connectivity index (χ0v) is 18.1. The number of fused-ring (bicyclic) bond motifs is 3. The zero-order chi connectivity index (χ0) is 19.2. The normalized spacial score (nSPS) is 22.0. The Morgan fingerprint density at radius 2 is 1.96 bits per heavy atom. The van der Waals surface area contributed by atoms with Crippen molar-refractivity contribution in [1.82, 2.24) is 24.8 Å². The van der Waals surface area contributed by atoms with Crippen LogP contribution in [0.2, 0.25) is 18.1 Å². The molecule has 146 valence electrons. The molecule has 0 spiro atoms. The van der Waals surface area contributed by atoms with Gasteiger partial charge >= 0.3 is 0 Å². The van der Waals surface area contributed by atoms with E-state index in [-0.39, 0.29) is 5.04 Å². The molecule has 1 N–H and O–H groups in total. The predicted molar refractivity (Wildman–Crippen MR) is 110 cm³/mol. The maximum Gasteiger partial charge on any atom is 0.191 e. The second kappa shape index (κ2) is 6.70. The molecule has 27 heavy (non-hydrogen) atoms. The Kier molecular flexibility index (Phi) is 4.62. The minimum atomic E-state index is -1.65. The number of nitrogens with zero attached hydrogens (tertiary/aromatic N) is 4. The highest BCUT2D eigenvalue weighted by molar-refractivity contribution is 6.74. The van der Waals surface area contributed by atoms with E-state index in [9.17, 15) is 0 Å². The molecule has 0 unspecified atom stereocenters. The second-order valence-corrected chi connectivity index (χ2v) is 14.4. The molecule has 0 amide bonds. The quantitative estimate of drug-likeness (QED) is 0.649. The molecule has 6 nitrogen and oxygen atoms in total. The number of hydrogen-bond acceptors (Lipinski definition) is 4. The van der Waals surface area contributed by atoms with E-state index in [1.54, 1.807) is 6.33 Å². The van der Waals surface area contributed by atoms with Gasteiger partial charge in [-0.15, -0.1) is 5.10 Å². The number of aromatic nitrogens is 5. The SMILES string of the molecule is CC(C)(C)[Si](C)(C)OCC1CCC(c2nnn3cnc4[nH]ccc4c23)CC1. The summed E-state index contributed by atoms with van der Waals surface area (Å²) >= 11 is 0. The molecule has 0 bridgehead atoms. The zero-order valence-electron chi connectivity index (χ0n) is 17.1. The summed E-state index contributed by atoms with van der Waals surface area (Å²) in [6, 6.07) is 2.07. The van der Waals surface area contributed by atoms with E-state index < -0.39 is 8.32 Å². The van der Waals surface area contributed by atoms with Gasteiger partial charge in [0.1, 0.15) is 17.5 Å². The highest BCUT2D eigenvalue weighted by Gasteiger charge is 2.38. The maximum atomic E-state index is 6.47. The van der Waals surface area contributed by atoms with Crippen molar-refractivity contribution in [3.63, 3.8) is 0 Å². The van der Waals surface area contributed by atoms with E-state index in [0.717, 1.165) is 41.7 Å². The van der Waals surface area contributed by atoms with Gasteiger partial charge in [0.25, 0.3) is 0 Å². The molecule has 1 aliphatic rings. The van der Waals surface area contributed by atoms with Gasteiger partial charge in [-0.2, -0.15) is 0 Å². The lowest BCUT2D eigenvalue weighted by Crippen LogP contribution is -2.42. The fourth-order valence-electron chi connectivity index (χ4n) is 3.84. The first-order valence-corrected chi connectivity index (χ1v) is 13.0. The molecule has 4 rings (SSSR count). The average molecular weight is 386 g/mol. The minimum absolute atomic E-state index is 0.279. The Balaban J connectivity index is 1.44. The van der Waals surface area contributed by atoms with Crippen LogP contribution in [-0.2, 0) is 4.43 Å². The van der Waals surface area contributed by atoms with Crippen LogP contribution in [0, 0.1) is 5.92 Å². The lowest BCUT2D eigenvalue weighted by atomic mass is 9.80. The van der Waals surface area contributed by atoms with E-state index in [0.29, 0.717) is 11.8 Å². The highest BCUT2D eigenvalue weighted by Crippen LogP contribution is 2.40. The molecule has 3 aromatic heterocycles. The van der Waals surface area contributed by atoms with Crippen molar-refractivity contribution < 1.29 is 4.43 Å². The molecule has 0 aromatic carbocycles. The van der Waals surface area contributed by atoms with Crippen molar-refractivity contribution in [3.8, 4) is 0 Å². The van der Waals surface area contributed by atoms with Gasteiger partial charge in [0.05, 0.1) is 5.69 Å². The van der Waals surface area contributed by atoms with Crippen LogP contribution in [-0.4, -0.2) is 39.7 Å². The van der Waals surface area contributed by atoms with Crippen molar-refractivity contribution in [2.24, 2.45) is 5.92 Å². The van der Waals surface area contributed by atoms with Crippen LogP contribution in [0.25, 0.3) is 16.6 Å². The third-order valence-corrected chi connectivity index (χ3v) is 11.2. The molecular formula is C20H31N5OSi. The first-order chi connectivity index (χ1) is 12.8. The van der Waals surface area contributed by atoms with Gasteiger partial charge in [0.2, 0.25) is 0 Å². The van der Waals surface area contributed by atoms with Crippen LogP contribution in [0.1, 0.15) is 58.1 Å². The van der Waals surface area contributed by atoms with E-state index >= 15 is 0 Å². The fraction of sp³-hybridized carbons (Fsp3) is 0.650. The molecular weight excluding hydrogens is 354 g/mol. The summed E-state index contributed by atoms with van der Waals surface area (Å²) < 4.78 is 8.29. The summed E-state index contributed by atoms with van der Waals surface area (Å²) in [6.45, 7) is 12.5. The van der Waals surface area contributed by atoms with Crippen LogP contribution < -0.4 is 0 Å². The lowest BCUT2D eigenvalue weighted by molar-refractivity contribution is 0.185. The summed E-state index contributed by atoms with van der Waals surface area (Å²) in [5.74, 6) is 1.15. The first kappa shape index (κ1) is 18.6. The summed E-state index contributed by atoms with van der Waals surface area (Å²) in [4.78, 5) is 7.59. The van der Waals surface area contributed by atoms with Gasteiger partial charge in [0, 0.05) is 24.1 Å². The molecule has 7 heteroatoms. The molecule has 0 aliphatic heterocycles. The standard InChI is InChI=1S/C20H31N5OSi/c1-20(2,3)27(4,5)26-12-14-6-8-15(9-7-14)17-18-16-10-11-21-19(16)22-13-25(18)24-23-17/h10-11,13-15,21H,6-9,12H2,1-5H3. The number of nitrogens with one attached hydrogen (secondary N) is 1. The van der Waals surface area contributed by atoms with Gasteiger partial charge in [-0.1, -0.05) is 26.0 Å². The first-order valence-electron chi connectivity index (χ1n) is 10.1. The Morgan fingerprint density at radius 1 is 1.22 bits per heavy atom. The van der Waals surface area contributed by atoms with E-state index in [1.807, 2.05) is 10.7 Å². The van der Waals surface area contributed by atoms with Crippen molar-refractivity contribution in [2.75, 3.05) is 6.61 Å². The maximum absolute atomic E-state index is 6.47. The molecule has 0 atom stereocenters. The Morgan fingerprint density at radius 3 is 2.67 bits per heavy atom. The van der Waals surface area contributed by atoms with Crippen molar-refractivity contribution in [1.29, 1.82) is 0 Å². The van der Waals surface area contributed by atoms with Gasteiger partial charge in [-0.05, 0) is 55.8 Å². The van der Waals surface area contributed by atoms with Crippen molar-refractivity contribution in [2.45, 2.75) is 70.5 Å². The lowest BCUT2D eigenvalue weighted by Gasteiger charge is -2.38. The Bertz CT molecular complexity index is 931. The van der Waals surface area contributed by atoms with Gasteiger partial charge in [0.15, 0.2) is 8.32 Å². The van der Waals surface area contributed by atoms with Crippen molar-refractivity contribution >= 4 is 24.9 Å². The molecule has 1 aliphatic carbocycles. The molecule has 0 radical (unpaired) electrons. The van der Waals surface area contributed by atoms with E-state index in [2.05, 4.69) is 60.2 Å². The fourth-order valence-corrected chi connectivity index (χ4v) is 4.92. The van der Waals surface area contributed by atoms with Gasteiger partial charge in [-0.3, -0.25) is 0 Å². The molecule has 1 fully saturated rings. The van der Waals surface area contributed by atoms with Crippen LogP contribution in [0.15, 0.2) is 18.6 Å². The number of rotatable bonds is 4. The topological polar surface area (TPSA) is 68.1 Å². The summed E-state index contributed by atoms with van der Waals surface area (Å²) in [5, 5.41) is 10.2. The predicted octanol–water partition coefficient (Wildman–Crippen LogP) is 4.90. The van der Waals surface area contributed by atoms with Crippen LogP contribution in [0.3, 0.4) is 0 Å². The number of H-pyrrole nitrogens is 1. The Hall–Kier alpha value is -1.73. The summed E-state index contributed by atoms with van der Waals surface area (Å²) in [5.41, 5.74) is 3.15. The largest absolute Gasteiger partial charge is 0.417 e. The molecule has 0 saturated heterocycles. The number of aromatic amines is 1. The van der Waals surface area contributed by atoms with Crippen LogP contribution >= 0.6 is 0 Å². The third-order valence-electron chi connectivity index (χ3n) is 6.72. The second-order valence-electron chi connectivity index (χ2n) is 9.54. The van der Waals surface area contributed by atoms with Crippen LogP contribution in [0.4, 0.5) is 0 Å². The minimum Gasteiger partial charge on any atom is -0.417 e.